The molecule has 0 saturated heterocycles. The number of pyridine rings is 1. The number of hydrogen-bond acceptors (Lipinski definition) is 3. The average Bonchev–Trinajstić information content (AvgIpc) is 2.40. The normalized spacial score (nSPS) is 15.1. The number of likely N-dealkylation sites (N-methyl/N-ethyl adjacent to an activating group) is 1. The molecule has 2 rings (SSSR count). The fraction of sp³-hybridized carbons (Fsp3) is 0.600. The van der Waals surface area contributed by atoms with Crippen LogP contribution >= 0.6 is 12.2 Å². The summed E-state index contributed by atoms with van der Waals surface area (Å²) >= 11 is 5.03. The van der Waals surface area contributed by atoms with Gasteiger partial charge < -0.3 is 15.2 Å². The van der Waals surface area contributed by atoms with Gasteiger partial charge >= 0.3 is 0 Å². The molecule has 0 saturated carbocycles. The van der Waals surface area contributed by atoms with Crippen LogP contribution in [-0.2, 0) is 19.5 Å². The predicted octanol–water partition coefficient (Wildman–Crippen LogP) is 1.66. The largest absolute Gasteiger partial charge is 0.389 e. The SMILES string of the molecule is CCCCCn1c2c(cc(C(N)=S)c1=O)CN(C)CC2. The molecule has 1 aliphatic heterocycles. The molecule has 1 aromatic heterocycles. The molecule has 0 radical (unpaired) electrons. The third-order valence-corrected chi connectivity index (χ3v) is 4.13. The highest BCUT2D eigenvalue weighted by Crippen LogP contribution is 2.18. The van der Waals surface area contributed by atoms with E-state index in [1.165, 1.54) is 11.3 Å². The highest BCUT2D eigenvalue weighted by atomic mass is 32.1. The standard InChI is InChI=1S/C15H23N3OS/c1-3-4-5-7-18-13-6-8-17(2)10-11(13)9-12(14(16)20)15(18)19/h9H,3-8,10H2,1-2H3,(H2,16,20). The summed E-state index contributed by atoms with van der Waals surface area (Å²) in [6, 6.07) is 1.89. The van der Waals surface area contributed by atoms with Gasteiger partial charge in [-0.05, 0) is 25.1 Å². The van der Waals surface area contributed by atoms with E-state index in [0.717, 1.165) is 45.3 Å². The Kier molecular flexibility index (Phi) is 4.94. The molecule has 5 heteroatoms. The Balaban J connectivity index is 2.46. The number of nitrogens with zero attached hydrogens (tertiary/aromatic N) is 2. The molecule has 2 N–H and O–H groups in total. The van der Waals surface area contributed by atoms with Crippen LogP contribution in [0.1, 0.15) is 43.0 Å². The summed E-state index contributed by atoms with van der Waals surface area (Å²) in [5.41, 5.74) is 8.55. The van der Waals surface area contributed by atoms with Gasteiger partial charge in [-0.15, -0.1) is 0 Å². The zero-order chi connectivity index (χ0) is 14.7. The molecule has 0 fully saturated rings. The lowest BCUT2D eigenvalue weighted by Crippen LogP contribution is -2.37. The van der Waals surface area contributed by atoms with Crippen LogP contribution in [0.5, 0.6) is 0 Å². The molecule has 2 heterocycles. The van der Waals surface area contributed by atoms with Crippen LogP contribution in [0.4, 0.5) is 0 Å². The minimum atomic E-state index is -0.0168. The summed E-state index contributed by atoms with van der Waals surface area (Å²) in [5.74, 6) is 0. The average molecular weight is 293 g/mol. The van der Waals surface area contributed by atoms with Crippen LogP contribution in [-0.4, -0.2) is 28.0 Å². The van der Waals surface area contributed by atoms with Gasteiger partial charge in [-0.25, -0.2) is 0 Å². The number of aromatic nitrogens is 1. The lowest BCUT2D eigenvalue weighted by atomic mass is 10.0. The number of rotatable bonds is 5. The van der Waals surface area contributed by atoms with Gasteiger partial charge in [-0.3, -0.25) is 4.79 Å². The number of thiocarbonyl (C=S) groups is 1. The predicted molar refractivity (Wildman–Crippen MR) is 86.2 cm³/mol. The van der Waals surface area contributed by atoms with Crippen LogP contribution in [0.25, 0.3) is 0 Å². The van der Waals surface area contributed by atoms with Gasteiger partial charge in [0.2, 0.25) is 0 Å². The summed E-state index contributed by atoms with van der Waals surface area (Å²) in [4.78, 5) is 15.0. The van der Waals surface area contributed by atoms with Crippen molar-refractivity contribution in [1.82, 2.24) is 9.47 Å². The molecule has 0 amide bonds. The lowest BCUT2D eigenvalue weighted by Gasteiger charge is -2.28. The van der Waals surface area contributed by atoms with Gasteiger partial charge in [-0.1, -0.05) is 32.0 Å². The van der Waals surface area contributed by atoms with Crippen molar-refractivity contribution < 1.29 is 0 Å². The van der Waals surface area contributed by atoms with E-state index in [1.807, 2.05) is 10.6 Å². The van der Waals surface area contributed by atoms with Crippen molar-refractivity contribution in [2.75, 3.05) is 13.6 Å². The second kappa shape index (κ2) is 6.50. The zero-order valence-electron chi connectivity index (χ0n) is 12.3. The molecular weight excluding hydrogens is 270 g/mol. The van der Waals surface area contributed by atoms with E-state index in [0.29, 0.717) is 5.56 Å². The first-order valence-electron chi connectivity index (χ1n) is 7.28. The van der Waals surface area contributed by atoms with Crippen molar-refractivity contribution in [3.05, 3.63) is 33.2 Å². The van der Waals surface area contributed by atoms with Crippen molar-refractivity contribution in [1.29, 1.82) is 0 Å². The van der Waals surface area contributed by atoms with Crippen molar-refractivity contribution in [2.45, 2.75) is 45.7 Å². The molecule has 1 aliphatic rings. The lowest BCUT2D eigenvalue weighted by molar-refractivity contribution is 0.303. The monoisotopic (exact) mass is 293 g/mol. The number of fused-ring (bicyclic) bond motifs is 1. The van der Waals surface area contributed by atoms with Crippen LogP contribution < -0.4 is 11.3 Å². The van der Waals surface area contributed by atoms with E-state index in [2.05, 4.69) is 18.9 Å². The molecule has 0 bridgehead atoms. The second-order valence-electron chi connectivity index (χ2n) is 5.55. The first-order valence-corrected chi connectivity index (χ1v) is 7.69. The third-order valence-electron chi connectivity index (χ3n) is 3.91. The van der Waals surface area contributed by atoms with E-state index in [9.17, 15) is 4.79 Å². The van der Waals surface area contributed by atoms with E-state index in [1.54, 1.807) is 0 Å². The van der Waals surface area contributed by atoms with E-state index >= 15 is 0 Å². The summed E-state index contributed by atoms with van der Waals surface area (Å²) in [6.45, 7) is 4.79. The van der Waals surface area contributed by atoms with Crippen LogP contribution in [0.2, 0.25) is 0 Å². The molecule has 110 valence electrons. The minimum absolute atomic E-state index is 0.0168. The fourth-order valence-electron chi connectivity index (χ4n) is 2.79. The van der Waals surface area contributed by atoms with Crippen LogP contribution in [0.3, 0.4) is 0 Å². The van der Waals surface area contributed by atoms with Gasteiger partial charge in [0.15, 0.2) is 0 Å². The minimum Gasteiger partial charge on any atom is -0.389 e. The Hall–Kier alpha value is -1.20. The Labute approximate surface area is 125 Å². The van der Waals surface area contributed by atoms with Crippen LogP contribution in [0, 0.1) is 0 Å². The molecular formula is C15H23N3OS. The van der Waals surface area contributed by atoms with Crippen molar-refractivity contribution >= 4 is 17.2 Å². The van der Waals surface area contributed by atoms with Gasteiger partial charge in [0.1, 0.15) is 4.99 Å². The topological polar surface area (TPSA) is 51.3 Å². The maximum absolute atomic E-state index is 12.5. The Morgan fingerprint density at radius 2 is 2.20 bits per heavy atom. The van der Waals surface area contributed by atoms with E-state index in [4.69, 9.17) is 18.0 Å². The molecule has 0 aromatic carbocycles. The maximum Gasteiger partial charge on any atom is 0.261 e. The quantitative estimate of drug-likeness (QED) is 0.662. The molecule has 1 aromatic rings. The highest BCUT2D eigenvalue weighted by Gasteiger charge is 2.20. The number of nitrogens with two attached hydrogens (primary N) is 1. The van der Waals surface area contributed by atoms with Crippen molar-refractivity contribution in [2.24, 2.45) is 5.73 Å². The first-order chi connectivity index (χ1) is 9.54. The Bertz CT molecular complexity index is 565. The summed E-state index contributed by atoms with van der Waals surface area (Å²) in [5, 5.41) is 0. The molecule has 0 unspecified atom stereocenters. The number of hydrogen-bond donors (Lipinski definition) is 1. The molecule has 0 spiro atoms. The fourth-order valence-corrected chi connectivity index (χ4v) is 2.94. The summed E-state index contributed by atoms with van der Waals surface area (Å²) in [7, 11) is 2.09. The van der Waals surface area contributed by atoms with Gasteiger partial charge in [0.25, 0.3) is 5.56 Å². The highest BCUT2D eigenvalue weighted by molar-refractivity contribution is 7.80. The Morgan fingerprint density at radius 1 is 1.45 bits per heavy atom. The zero-order valence-corrected chi connectivity index (χ0v) is 13.1. The Morgan fingerprint density at radius 3 is 2.85 bits per heavy atom. The van der Waals surface area contributed by atoms with Gasteiger partial charge in [-0.2, -0.15) is 0 Å². The second-order valence-corrected chi connectivity index (χ2v) is 5.99. The van der Waals surface area contributed by atoms with Crippen molar-refractivity contribution in [3.63, 3.8) is 0 Å². The van der Waals surface area contributed by atoms with Crippen molar-refractivity contribution in [3.8, 4) is 0 Å². The van der Waals surface area contributed by atoms with Gasteiger partial charge in [0.05, 0.1) is 5.56 Å². The third kappa shape index (κ3) is 3.10. The smallest absolute Gasteiger partial charge is 0.261 e. The summed E-state index contributed by atoms with van der Waals surface area (Å²) < 4.78 is 1.91. The molecule has 0 atom stereocenters. The maximum atomic E-state index is 12.5. The van der Waals surface area contributed by atoms with E-state index in [-0.39, 0.29) is 10.5 Å². The first kappa shape index (κ1) is 15.2. The number of unbranched alkanes of at least 4 members (excludes halogenated alkanes) is 2. The molecule has 4 nitrogen and oxygen atoms in total. The molecule has 0 aliphatic carbocycles. The van der Waals surface area contributed by atoms with Crippen LogP contribution in [0.15, 0.2) is 10.9 Å². The molecule has 20 heavy (non-hydrogen) atoms. The van der Waals surface area contributed by atoms with Gasteiger partial charge in [0, 0.05) is 31.7 Å². The van der Waals surface area contributed by atoms with E-state index < -0.39 is 0 Å². The summed E-state index contributed by atoms with van der Waals surface area (Å²) in [6.07, 6.45) is 4.23.